The van der Waals surface area contributed by atoms with Gasteiger partial charge in [-0.05, 0) is 44.0 Å². The Morgan fingerprint density at radius 3 is 2.17 bits per heavy atom. The van der Waals surface area contributed by atoms with Crippen LogP contribution in [0.4, 0.5) is 5.69 Å². The van der Waals surface area contributed by atoms with Crippen LogP contribution in [0.1, 0.15) is 66.2 Å². The molecule has 158 valence electrons. The average Bonchev–Trinajstić information content (AvgIpc) is 3.03. The van der Waals surface area contributed by atoms with Gasteiger partial charge >= 0.3 is 0 Å². The van der Waals surface area contributed by atoms with E-state index in [1.807, 2.05) is 6.07 Å². The van der Waals surface area contributed by atoms with Crippen molar-refractivity contribution in [2.75, 3.05) is 5.32 Å². The highest BCUT2D eigenvalue weighted by Crippen LogP contribution is 2.18. The molecule has 3 amide bonds. The molecule has 1 atom stereocenters. The Bertz CT molecular complexity index is 874. The Kier molecular flexibility index (Phi) is 7.60. The average molecular weight is 408 g/mol. The highest BCUT2D eigenvalue weighted by atomic mass is 16.2. The van der Waals surface area contributed by atoms with Crippen LogP contribution in [0.5, 0.6) is 0 Å². The molecule has 6 nitrogen and oxygen atoms in total. The smallest absolute Gasteiger partial charge is 0.255 e. The molecule has 0 radical (unpaired) electrons. The fourth-order valence-electron chi connectivity index (χ4n) is 3.66. The zero-order valence-electron chi connectivity index (χ0n) is 17.3. The van der Waals surface area contributed by atoms with Crippen molar-refractivity contribution in [3.63, 3.8) is 0 Å². The maximum Gasteiger partial charge on any atom is 0.255 e. The molecule has 1 fully saturated rings. The van der Waals surface area contributed by atoms with Gasteiger partial charge in [-0.25, -0.2) is 0 Å². The quantitative estimate of drug-likeness (QED) is 0.635. The Labute approximate surface area is 177 Å². The van der Waals surface area contributed by atoms with Gasteiger partial charge in [0.2, 0.25) is 5.91 Å². The molecule has 30 heavy (non-hydrogen) atoms. The van der Waals surface area contributed by atoms with E-state index >= 15 is 0 Å². The molecule has 0 heterocycles. The second-order valence-corrected chi connectivity index (χ2v) is 7.76. The van der Waals surface area contributed by atoms with Gasteiger partial charge < -0.3 is 16.0 Å². The topological polar surface area (TPSA) is 87.3 Å². The third-order valence-electron chi connectivity index (χ3n) is 5.40. The maximum atomic E-state index is 12.8. The summed E-state index contributed by atoms with van der Waals surface area (Å²) in [5.41, 5.74) is 1.22. The van der Waals surface area contributed by atoms with E-state index in [2.05, 4.69) is 16.0 Å². The first kappa shape index (κ1) is 21.6. The van der Waals surface area contributed by atoms with Crippen LogP contribution >= 0.6 is 0 Å². The van der Waals surface area contributed by atoms with Gasteiger partial charge in [0.25, 0.3) is 11.8 Å². The van der Waals surface area contributed by atoms with E-state index < -0.39 is 11.9 Å². The zero-order valence-corrected chi connectivity index (χ0v) is 17.3. The minimum absolute atomic E-state index is 0.178. The SMILES string of the molecule is C[C@@H](NC(=O)c1ccccc1NC(=O)c1ccccc1)C(=O)NC1CCCCCC1. The third-order valence-corrected chi connectivity index (χ3v) is 5.40. The summed E-state index contributed by atoms with van der Waals surface area (Å²) >= 11 is 0. The monoisotopic (exact) mass is 407 g/mol. The van der Waals surface area contributed by atoms with Gasteiger partial charge in [0.15, 0.2) is 0 Å². The maximum absolute atomic E-state index is 12.8. The standard InChI is InChI=1S/C24H29N3O3/c1-17(22(28)26-19-13-7-2-3-8-14-19)25-24(30)20-15-9-10-16-21(20)27-23(29)18-11-5-4-6-12-18/h4-6,9-12,15-17,19H,2-3,7-8,13-14H2,1H3,(H,25,30)(H,26,28)(H,27,29)/t17-/m1/s1. The number of para-hydroxylation sites is 1. The molecule has 1 aliphatic carbocycles. The highest BCUT2D eigenvalue weighted by molar-refractivity contribution is 6.09. The van der Waals surface area contributed by atoms with Gasteiger partial charge in [-0.3, -0.25) is 14.4 Å². The van der Waals surface area contributed by atoms with Gasteiger partial charge in [0.1, 0.15) is 6.04 Å². The van der Waals surface area contributed by atoms with Crippen LogP contribution in [-0.2, 0) is 4.79 Å². The number of carbonyl (C=O) groups is 3. The summed E-state index contributed by atoms with van der Waals surface area (Å²) < 4.78 is 0. The van der Waals surface area contributed by atoms with Gasteiger partial charge in [-0.2, -0.15) is 0 Å². The molecule has 0 aliphatic heterocycles. The van der Waals surface area contributed by atoms with Crippen LogP contribution in [0.25, 0.3) is 0 Å². The van der Waals surface area contributed by atoms with Crippen molar-refractivity contribution in [1.29, 1.82) is 0 Å². The molecular formula is C24H29N3O3. The van der Waals surface area contributed by atoms with Gasteiger partial charge in [0, 0.05) is 11.6 Å². The molecule has 3 rings (SSSR count). The molecule has 2 aromatic carbocycles. The van der Waals surface area contributed by atoms with E-state index in [1.54, 1.807) is 55.5 Å². The van der Waals surface area contributed by atoms with Crippen LogP contribution < -0.4 is 16.0 Å². The van der Waals surface area contributed by atoms with Gasteiger partial charge in [-0.15, -0.1) is 0 Å². The van der Waals surface area contributed by atoms with Crippen LogP contribution in [0.15, 0.2) is 54.6 Å². The van der Waals surface area contributed by atoms with E-state index in [0.717, 1.165) is 25.7 Å². The number of carbonyl (C=O) groups excluding carboxylic acids is 3. The van der Waals surface area contributed by atoms with Crippen LogP contribution in [-0.4, -0.2) is 29.8 Å². The third kappa shape index (κ3) is 5.92. The molecule has 0 saturated heterocycles. The molecular weight excluding hydrogens is 378 g/mol. The molecule has 1 aliphatic rings. The lowest BCUT2D eigenvalue weighted by Crippen LogP contribution is -2.48. The van der Waals surface area contributed by atoms with Crippen molar-refractivity contribution in [2.24, 2.45) is 0 Å². The van der Waals surface area contributed by atoms with Crippen molar-refractivity contribution < 1.29 is 14.4 Å². The molecule has 6 heteroatoms. The highest BCUT2D eigenvalue weighted by Gasteiger charge is 2.22. The van der Waals surface area contributed by atoms with E-state index in [-0.39, 0.29) is 17.9 Å². The van der Waals surface area contributed by atoms with Crippen LogP contribution in [0.2, 0.25) is 0 Å². The number of amides is 3. The van der Waals surface area contributed by atoms with Gasteiger partial charge in [0.05, 0.1) is 11.3 Å². The Balaban J connectivity index is 1.62. The first-order valence-corrected chi connectivity index (χ1v) is 10.6. The Hall–Kier alpha value is -3.15. The van der Waals surface area contributed by atoms with Crippen molar-refractivity contribution in [3.8, 4) is 0 Å². The largest absolute Gasteiger partial charge is 0.352 e. The van der Waals surface area contributed by atoms with E-state index in [0.29, 0.717) is 16.8 Å². The number of benzene rings is 2. The van der Waals surface area contributed by atoms with E-state index in [4.69, 9.17) is 0 Å². The summed E-state index contributed by atoms with van der Waals surface area (Å²) in [5, 5.41) is 8.60. The number of hydrogen-bond acceptors (Lipinski definition) is 3. The molecule has 0 bridgehead atoms. The van der Waals surface area contributed by atoms with Crippen molar-refractivity contribution in [3.05, 3.63) is 65.7 Å². The fourth-order valence-corrected chi connectivity index (χ4v) is 3.66. The van der Waals surface area contributed by atoms with Gasteiger partial charge in [-0.1, -0.05) is 56.0 Å². The molecule has 1 saturated carbocycles. The Morgan fingerprint density at radius 1 is 0.833 bits per heavy atom. The fraction of sp³-hybridized carbons (Fsp3) is 0.375. The van der Waals surface area contributed by atoms with E-state index in [1.165, 1.54) is 12.8 Å². The number of anilines is 1. The molecule has 2 aromatic rings. The summed E-state index contributed by atoms with van der Waals surface area (Å²) in [7, 11) is 0. The number of hydrogen-bond donors (Lipinski definition) is 3. The summed E-state index contributed by atoms with van der Waals surface area (Å²) in [5.74, 6) is -0.876. The van der Waals surface area contributed by atoms with Crippen LogP contribution in [0.3, 0.4) is 0 Å². The predicted molar refractivity (Wildman–Crippen MR) is 117 cm³/mol. The second-order valence-electron chi connectivity index (χ2n) is 7.76. The minimum Gasteiger partial charge on any atom is -0.352 e. The molecule has 0 spiro atoms. The number of rotatable bonds is 6. The first-order valence-electron chi connectivity index (χ1n) is 10.6. The zero-order chi connectivity index (χ0) is 21.3. The molecule has 0 unspecified atom stereocenters. The summed E-state index contributed by atoms with van der Waals surface area (Å²) in [6.45, 7) is 1.68. The Morgan fingerprint density at radius 2 is 1.47 bits per heavy atom. The van der Waals surface area contributed by atoms with Crippen molar-refractivity contribution in [2.45, 2.75) is 57.5 Å². The summed E-state index contributed by atoms with van der Waals surface area (Å²) in [6.07, 6.45) is 6.65. The summed E-state index contributed by atoms with van der Waals surface area (Å²) in [4.78, 5) is 37.8. The minimum atomic E-state index is -0.668. The predicted octanol–water partition coefficient (Wildman–Crippen LogP) is 3.90. The van der Waals surface area contributed by atoms with Crippen molar-refractivity contribution >= 4 is 23.4 Å². The molecule has 3 N–H and O–H groups in total. The van der Waals surface area contributed by atoms with E-state index in [9.17, 15) is 14.4 Å². The lowest BCUT2D eigenvalue weighted by Gasteiger charge is -2.20. The second kappa shape index (κ2) is 10.6. The summed E-state index contributed by atoms with van der Waals surface area (Å²) in [6, 6.07) is 15.1. The van der Waals surface area contributed by atoms with Crippen LogP contribution in [0, 0.1) is 0 Å². The lowest BCUT2D eigenvalue weighted by atomic mass is 10.1. The van der Waals surface area contributed by atoms with Crippen molar-refractivity contribution in [1.82, 2.24) is 10.6 Å². The normalized spacial score (nSPS) is 15.5. The first-order chi connectivity index (χ1) is 14.5. The molecule has 0 aromatic heterocycles. The number of nitrogens with one attached hydrogen (secondary N) is 3. The lowest BCUT2D eigenvalue weighted by molar-refractivity contribution is -0.123.